The summed E-state index contributed by atoms with van der Waals surface area (Å²) in [5, 5.41) is 0.986. The lowest BCUT2D eigenvalue weighted by molar-refractivity contribution is -0.116. The van der Waals surface area contributed by atoms with Gasteiger partial charge in [0.1, 0.15) is 6.54 Å². The molecule has 0 aliphatic carbocycles. The van der Waals surface area contributed by atoms with Crippen LogP contribution in [0.3, 0.4) is 0 Å². The van der Waals surface area contributed by atoms with Crippen LogP contribution in [-0.4, -0.2) is 20.9 Å². The van der Waals surface area contributed by atoms with Crippen molar-refractivity contribution in [2.45, 2.75) is 25.2 Å². The first kappa shape index (κ1) is 23.1. The molecule has 0 radical (unpaired) electrons. The first-order chi connectivity index (χ1) is 14.6. The van der Waals surface area contributed by atoms with Gasteiger partial charge in [-0.05, 0) is 72.5 Å². The predicted molar refractivity (Wildman–Crippen MR) is 125 cm³/mol. The van der Waals surface area contributed by atoms with E-state index >= 15 is 0 Å². The van der Waals surface area contributed by atoms with E-state index in [0.717, 1.165) is 21.0 Å². The van der Waals surface area contributed by atoms with Gasteiger partial charge in [-0.25, -0.2) is 8.42 Å². The van der Waals surface area contributed by atoms with E-state index < -0.39 is 22.5 Å². The highest BCUT2D eigenvalue weighted by molar-refractivity contribution is 7.92. The summed E-state index contributed by atoms with van der Waals surface area (Å²) in [6.45, 7) is 3.22. The van der Waals surface area contributed by atoms with E-state index in [0.29, 0.717) is 27.7 Å². The number of nitrogens with two attached hydrogens (primary N) is 1. The summed E-state index contributed by atoms with van der Waals surface area (Å²) in [4.78, 5) is 11.9. The van der Waals surface area contributed by atoms with Gasteiger partial charge in [0.05, 0.1) is 10.6 Å². The summed E-state index contributed by atoms with van der Waals surface area (Å²) in [5.74, 6) is -0.772. The minimum absolute atomic E-state index is 0.0792. The molecule has 0 heterocycles. The summed E-state index contributed by atoms with van der Waals surface area (Å²) in [6.07, 6.45) is 0.327. The number of primary amides is 1. The fourth-order valence-electron chi connectivity index (χ4n) is 3.23. The molecule has 0 aliphatic rings. The van der Waals surface area contributed by atoms with Gasteiger partial charge in [-0.3, -0.25) is 9.10 Å². The number of halogens is 2. The van der Waals surface area contributed by atoms with Crippen LogP contribution in [0.2, 0.25) is 10.0 Å². The first-order valence-electron chi connectivity index (χ1n) is 9.49. The number of sulfonamides is 1. The number of aryl methyl sites for hydroxylation is 2. The molecule has 2 N–H and O–H groups in total. The monoisotopic (exact) mass is 476 g/mol. The van der Waals surface area contributed by atoms with Crippen LogP contribution in [0.25, 0.3) is 0 Å². The fourth-order valence-corrected chi connectivity index (χ4v) is 5.18. The van der Waals surface area contributed by atoms with Crippen LogP contribution >= 0.6 is 23.2 Å². The molecule has 0 bridgehead atoms. The minimum atomic E-state index is -4.07. The number of carbonyl (C=O) groups excluding carboxylic acids is 1. The summed E-state index contributed by atoms with van der Waals surface area (Å²) in [5.41, 5.74) is 8.94. The standard InChI is InChI=1S/C23H22Cl2N2O3S/c1-15-7-9-20(11-16(15)2)31(29,30)27(14-23(26)28)22-10-8-19(24)13-18(22)12-17-5-3-4-6-21(17)25/h3-11,13H,12,14H2,1-2H3,(H2,26,28). The lowest BCUT2D eigenvalue weighted by Crippen LogP contribution is -2.39. The van der Waals surface area contributed by atoms with Crippen LogP contribution in [0.5, 0.6) is 0 Å². The second-order valence-corrected chi connectivity index (χ2v) is 9.97. The lowest BCUT2D eigenvalue weighted by Gasteiger charge is -2.26. The van der Waals surface area contributed by atoms with Gasteiger partial charge in [0.25, 0.3) is 10.0 Å². The van der Waals surface area contributed by atoms with E-state index in [1.165, 1.54) is 6.07 Å². The smallest absolute Gasteiger partial charge is 0.264 e. The largest absolute Gasteiger partial charge is 0.368 e. The molecule has 5 nitrogen and oxygen atoms in total. The molecule has 0 saturated carbocycles. The third-order valence-electron chi connectivity index (χ3n) is 5.01. The van der Waals surface area contributed by atoms with E-state index in [1.54, 1.807) is 36.4 Å². The van der Waals surface area contributed by atoms with E-state index in [1.807, 2.05) is 32.0 Å². The molecule has 3 aromatic rings. The van der Waals surface area contributed by atoms with Crippen molar-refractivity contribution in [3.8, 4) is 0 Å². The van der Waals surface area contributed by atoms with Gasteiger partial charge in [0, 0.05) is 16.5 Å². The van der Waals surface area contributed by atoms with E-state index in [-0.39, 0.29) is 4.90 Å². The normalized spacial score (nSPS) is 11.4. The molecule has 31 heavy (non-hydrogen) atoms. The van der Waals surface area contributed by atoms with Crippen molar-refractivity contribution in [3.63, 3.8) is 0 Å². The molecule has 8 heteroatoms. The number of nitrogens with zero attached hydrogens (tertiary/aromatic N) is 1. The summed E-state index contributed by atoms with van der Waals surface area (Å²) in [7, 11) is -4.07. The number of carbonyl (C=O) groups is 1. The summed E-state index contributed by atoms with van der Waals surface area (Å²) < 4.78 is 28.1. The Hall–Kier alpha value is -2.54. The highest BCUT2D eigenvalue weighted by Crippen LogP contribution is 2.32. The zero-order valence-electron chi connectivity index (χ0n) is 17.1. The maximum atomic E-state index is 13.5. The van der Waals surface area contributed by atoms with Crippen LogP contribution in [-0.2, 0) is 21.2 Å². The highest BCUT2D eigenvalue weighted by Gasteiger charge is 2.29. The Balaban J connectivity index is 2.16. The molecule has 3 aromatic carbocycles. The molecule has 0 aromatic heterocycles. The second kappa shape index (κ2) is 9.30. The van der Waals surface area contributed by atoms with Crippen molar-refractivity contribution in [2.75, 3.05) is 10.8 Å². The molecular weight excluding hydrogens is 455 g/mol. The Morgan fingerprint density at radius 2 is 1.65 bits per heavy atom. The molecule has 0 fully saturated rings. The van der Waals surface area contributed by atoms with Gasteiger partial charge in [-0.2, -0.15) is 0 Å². The Labute approximate surface area is 192 Å². The third kappa shape index (κ3) is 5.21. The Kier molecular flexibility index (Phi) is 6.94. The van der Waals surface area contributed by atoms with E-state index in [4.69, 9.17) is 28.9 Å². The molecular formula is C23H22Cl2N2O3S. The van der Waals surface area contributed by atoms with Crippen LogP contribution < -0.4 is 10.0 Å². The molecule has 0 atom stereocenters. The molecule has 0 spiro atoms. The quantitative estimate of drug-likeness (QED) is 0.527. The van der Waals surface area contributed by atoms with Gasteiger partial charge in [-0.1, -0.05) is 47.5 Å². The Morgan fingerprint density at radius 1 is 0.935 bits per heavy atom. The number of rotatable bonds is 7. The molecule has 1 amide bonds. The Morgan fingerprint density at radius 3 is 2.29 bits per heavy atom. The van der Waals surface area contributed by atoms with Crippen LogP contribution in [0, 0.1) is 13.8 Å². The average molecular weight is 477 g/mol. The van der Waals surface area contributed by atoms with Crippen molar-refractivity contribution >= 4 is 44.8 Å². The maximum Gasteiger partial charge on any atom is 0.264 e. The predicted octanol–water partition coefficient (Wildman–Crippen LogP) is 4.88. The Bertz CT molecular complexity index is 1240. The van der Waals surface area contributed by atoms with Gasteiger partial charge in [-0.15, -0.1) is 0 Å². The van der Waals surface area contributed by atoms with Gasteiger partial charge in [0.15, 0.2) is 0 Å². The van der Waals surface area contributed by atoms with Crippen molar-refractivity contribution in [2.24, 2.45) is 5.73 Å². The van der Waals surface area contributed by atoms with Crippen molar-refractivity contribution in [1.29, 1.82) is 0 Å². The zero-order chi connectivity index (χ0) is 22.8. The van der Waals surface area contributed by atoms with Crippen molar-refractivity contribution in [1.82, 2.24) is 0 Å². The highest BCUT2D eigenvalue weighted by atomic mass is 35.5. The van der Waals surface area contributed by atoms with E-state index in [2.05, 4.69) is 0 Å². The van der Waals surface area contributed by atoms with Crippen molar-refractivity contribution < 1.29 is 13.2 Å². The van der Waals surface area contributed by atoms with Gasteiger partial charge in [0.2, 0.25) is 5.91 Å². The first-order valence-corrected chi connectivity index (χ1v) is 11.7. The van der Waals surface area contributed by atoms with E-state index in [9.17, 15) is 13.2 Å². The SMILES string of the molecule is Cc1ccc(S(=O)(=O)N(CC(N)=O)c2ccc(Cl)cc2Cc2ccccc2Cl)cc1C. The summed E-state index contributed by atoms with van der Waals surface area (Å²) >= 11 is 12.5. The molecule has 0 aliphatic heterocycles. The molecule has 162 valence electrons. The number of amides is 1. The van der Waals surface area contributed by atoms with Gasteiger partial charge < -0.3 is 5.73 Å². The number of benzene rings is 3. The number of hydrogen-bond acceptors (Lipinski definition) is 3. The topological polar surface area (TPSA) is 80.5 Å². The van der Waals surface area contributed by atoms with Crippen molar-refractivity contribution in [3.05, 3.63) is 93.0 Å². The van der Waals surface area contributed by atoms with Crippen LogP contribution in [0.15, 0.2) is 65.6 Å². The van der Waals surface area contributed by atoms with Crippen LogP contribution in [0.4, 0.5) is 5.69 Å². The fraction of sp³-hybridized carbons (Fsp3) is 0.174. The maximum absolute atomic E-state index is 13.5. The average Bonchev–Trinajstić information content (AvgIpc) is 2.70. The minimum Gasteiger partial charge on any atom is -0.368 e. The zero-order valence-corrected chi connectivity index (χ0v) is 19.4. The third-order valence-corrected chi connectivity index (χ3v) is 7.37. The number of hydrogen-bond donors (Lipinski definition) is 1. The molecule has 3 rings (SSSR count). The van der Waals surface area contributed by atoms with Gasteiger partial charge >= 0.3 is 0 Å². The lowest BCUT2D eigenvalue weighted by atomic mass is 10.0. The molecule has 0 saturated heterocycles. The van der Waals surface area contributed by atoms with Crippen LogP contribution in [0.1, 0.15) is 22.3 Å². The summed E-state index contributed by atoms with van der Waals surface area (Å²) in [6, 6.07) is 16.9. The second-order valence-electron chi connectivity index (χ2n) is 7.27. The molecule has 0 unspecified atom stereocenters. The number of anilines is 1.